The predicted molar refractivity (Wildman–Crippen MR) is 95.1 cm³/mol. The molecule has 3 heterocycles. The zero-order valence-electron chi connectivity index (χ0n) is 13.9. The van der Waals surface area contributed by atoms with Crippen molar-refractivity contribution in [2.75, 3.05) is 18.1 Å². The standard InChI is InChI=1S/C17H18N4O4S/c22-15(11-4-3-8-21(11)17-18-7-9-26-17)19-20-16(23)14-10-24-12-5-1-2-6-13(12)25-14/h1-2,5-7,9,11,14H,3-4,8,10H2,(H,19,22)(H,20,23)/t11-,14+/m1/s1. The first-order valence-corrected chi connectivity index (χ1v) is 9.24. The number of benzene rings is 1. The van der Waals surface area contributed by atoms with Crippen LogP contribution in [-0.4, -0.2) is 42.1 Å². The molecule has 2 N–H and O–H groups in total. The van der Waals surface area contributed by atoms with Gasteiger partial charge in [0.05, 0.1) is 0 Å². The molecule has 0 radical (unpaired) electrons. The first-order valence-electron chi connectivity index (χ1n) is 8.37. The van der Waals surface area contributed by atoms with Crippen molar-refractivity contribution >= 4 is 28.3 Å². The van der Waals surface area contributed by atoms with Crippen molar-refractivity contribution < 1.29 is 19.1 Å². The third-order valence-electron chi connectivity index (χ3n) is 4.33. The van der Waals surface area contributed by atoms with Gasteiger partial charge in [-0.1, -0.05) is 12.1 Å². The lowest BCUT2D eigenvalue weighted by Crippen LogP contribution is -2.54. The summed E-state index contributed by atoms with van der Waals surface area (Å²) in [6.07, 6.45) is 2.52. The third kappa shape index (κ3) is 3.30. The van der Waals surface area contributed by atoms with Gasteiger partial charge in [0.15, 0.2) is 16.6 Å². The molecule has 0 unspecified atom stereocenters. The Morgan fingerprint density at radius 1 is 1.19 bits per heavy atom. The normalized spacial score (nSPS) is 21.3. The molecule has 9 heteroatoms. The van der Waals surface area contributed by atoms with Crippen molar-refractivity contribution in [2.45, 2.75) is 25.0 Å². The number of carbonyl (C=O) groups is 2. The van der Waals surface area contributed by atoms with Crippen LogP contribution in [0.5, 0.6) is 11.5 Å². The molecule has 2 amide bonds. The zero-order chi connectivity index (χ0) is 17.9. The summed E-state index contributed by atoms with van der Waals surface area (Å²) in [5.74, 6) is 0.399. The van der Waals surface area contributed by atoms with Crippen molar-refractivity contribution in [1.82, 2.24) is 15.8 Å². The number of thiazole rings is 1. The van der Waals surface area contributed by atoms with Gasteiger partial charge in [-0.2, -0.15) is 0 Å². The number of hydrogen-bond acceptors (Lipinski definition) is 7. The molecule has 2 aliphatic rings. The van der Waals surface area contributed by atoms with Gasteiger partial charge in [-0.25, -0.2) is 4.98 Å². The van der Waals surface area contributed by atoms with E-state index >= 15 is 0 Å². The van der Waals surface area contributed by atoms with Gasteiger partial charge in [-0.3, -0.25) is 20.4 Å². The Kier molecular flexibility index (Phi) is 4.61. The van der Waals surface area contributed by atoms with E-state index in [-0.39, 0.29) is 18.6 Å². The second-order valence-electron chi connectivity index (χ2n) is 6.01. The molecule has 26 heavy (non-hydrogen) atoms. The van der Waals surface area contributed by atoms with E-state index < -0.39 is 12.0 Å². The Morgan fingerprint density at radius 2 is 2.00 bits per heavy atom. The molecule has 0 bridgehead atoms. The second-order valence-corrected chi connectivity index (χ2v) is 6.88. The Labute approximate surface area is 154 Å². The largest absolute Gasteiger partial charge is 0.485 e. The molecule has 8 nitrogen and oxygen atoms in total. The molecule has 2 aliphatic heterocycles. The van der Waals surface area contributed by atoms with Crippen molar-refractivity contribution in [1.29, 1.82) is 0 Å². The highest BCUT2D eigenvalue weighted by Crippen LogP contribution is 2.31. The molecule has 1 aromatic carbocycles. The van der Waals surface area contributed by atoms with Gasteiger partial charge < -0.3 is 14.4 Å². The van der Waals surface area contributed by atoms with Crippen molar-refractivity contribution in [3.05, 3.63) is 35.8 Å². The van der Waals surface area contributed by atoms with Gasteiger partial charge in [0.2, 0.25) is 6.10 Å². The van der Waals surface area contributed by atoms with Crippen molar-refractivity contribution in [2.24, 2.45) is 0 Å². The van der Waals surface area contributed by atoms with Gasteiger partial charge in [0, 0.05) is 18.1 Å². The quantitative estimate of drug-likeness (QED) is 0.782. The lowest BCUT2D eigenvalue weighted by molar-refractivity contribution is -0.135. The molecule has 4 rings (SSSR count). The van der Waals surface area contributed by atoms with Crippen LogP contribution >= 0.6 is 11.3 Å². The zero-order valence-corrected chi connectivity index (χ0v) is 14.7. The van der Waals surface area contributed by atoms with Crippen LogP contribution in [-0.2, 0) is 9.59 Å². The minimum Gasteiger partial charge on any atom is -0.485 e. The van der Waals surface area contributed by atoms with E-state index in [1.165, 1.54) is 11.3 Å². The van der Waals surface area contributed by atoms with Gasteiger partial charge in [-0.05, 0) is 25.0 Å². The van der Waals surface area contributed by atoms with E-state index in [0.29, 0.717) is 11.5 Å². The molecule has 1 aromatic heterocycles. The minimum absolute atomic E-state index is 0.0907. The van der Waals surface area contributed by atoms with Crippen LogP contribution < -0.4 is 25.2 Å². The number of hydrazine groups is 1. The summed E-state index contributed by atoms with van der Waals surface area (Å²) in [5.41, 5.74) is 4.94. The van der Waals surface area contributed by atoms with Gasteiger partial charge in [0.1, 0.15) is 12.6 Å². The molecule has 2 atom stereocenters. The summed E-state index contributed by atoms with van der Waals surface area (Å²) < 4.78 is 11.1. The second kappa shape index (κ2) is 7.20. The van der Waals surface area contributed by atoms with Gasteiger partial charge in [-0.15, -0.1) is 11.3 Å². The summed E-state index contributed by atoms with van der Waals surface area (Å²) in [7, 11) is 0. The number of nitrogens with one attached hydrogen (secondary N) is 2. The lowest BCUT2D eigenvalue weighted by Gasteiger charge is -2.26. The Morgan fingerprint density at radius 3 is 2.81 bits per heavy atom. The van der Waals surface area contributed by atoms with E-state index in [0.717, 1.165) is 24.5 Å². The average Bonchev–Trinajstić information content (AvgIpc) is 3.36. The number of hydrogen-bond donors (Lipinski definition) is 2. The highest BCUT2D eigenvalue weighted by molar-refractivity contribution is 7.13. The highest BCUT2D eigenvalue weighted by atomic mass is 32.1. The Hall–Kier alpha value is -2.81. The SMILES string of the molecule is O=C(NNC(=O)[C@H]1CCCN1c1nccs1)[C@@H]1COc2ccccc2O1. The Balaban J connectivity index is 1.32. The summed E-state index contributed by atoms with van der Waals surface area (Å²) >= 11 is 1.49. The Bertz CT molecular complexity index is 798. The van der Waals surface area contributed by atoms with E-state index in [4.69, 9.17) is 9.47 Å². The molecule has 0 saturated carbocycles. The summed E-state index contributed by atoms with van der Waals surface area (Å²) in [4.78, 5) is 31.0. The fourth-order valence-electron chi connectivity index (χ4n) is 3.06. The number of para-hydroxylation sites is 2. The van der Waals surface area contributed by atoms with Crippen LogP contribution in [0.2, 0.25) is 0 Å². The molecule has 0 spiro atoms. The topological polar surface area (TPSA) is 92.8 Å². The number of anilines is 1. The molecule has 0 aliphatic carbocycles. The molecule has 136 valence electrons. The number of nitrogens with zero attached hydrogens (tertiary/aromatic N) is 2. The number of aromatic nitrogens is 1. The average molecular weight is 374 g/mol. The van der Waals surface area contributed by atoms with Crippen LogP contribution in [0.3, 0.4) is 0 Å². The smallest absolute Gasteiger partial charge is 0.283 e. The van der Waals surface area contributed by atoms with Crippen LogP contribution in [0.15, 0.2) is 35.8 Å². The van der Waals surface area contributed by atoms with E-state index in [2.05, 4.69) is 15.8 Å². The first kappa shape index (κ1) is 16.6. The minimum atomic E-state index is -0.816. The summed E-state index contributed by atoms with van der Waals surface area (Å²) in [6, 6.07) is 6.80. The maximum atomic E-state index is 12.5. The number of ether oxygens (including phenoxy) is 2. The van der Waals surface area contributed by atoms with Gasteiger partial charge >= 0.3 is 0 Å². The van der Waals surface area contributed by atoms with Crippen molar-refractivity contribution in [3.63, 3.8) is 0 Å². The number of rotatable bonds is 3. The number of carbonyl (C=O) groups excluding carboxylic acids is 2. The van der Waals surface area contributed by atoms with E-state index in [1.54, 1.807) is 24.4 Å². The molecular weight excluding hydrogens is 356 g/mol. The summed E-state index contributed by atoms with van der Waals surface area (Å²) in [6.45, 7) is 0.864. The van der Waals surface area contributed by atoms with Crippen LogP contribution in [0.1, 0.15) is 12.8 Å². The highest BCUT2D eigenvalue weighted by Gasteiger charge is 2.33. The van der Waals surface area contributed by atoms with Crippen LogP contribution in [0.25, 0.3) is 0 Å². The monoisotopic (exact) mass is 374 g/mol. The molecule has 1 fully saturated rings. The summed E-state index contributed by atoms with van der Waals surface area (Å²) in [5, 5.41) is 2.69. The molecular formula is C17H18N4O4S. The van der Waals surface area contributed by atoms with Crippen LogP contribution in [0, 0.1) is 0 Å². The fraction of sp³-hybridized carbons (Fsp3) is 0.353. The third-order valence-corrected chi connectivity index (χ3v) is 5.14. The number of fused-ring (bicyclic) bond motifs is 1. The van der Waals surface area contributed by atoms with E-state index in [1.807, 2.05) is 16.3 Å². The predicted octanol–water partition coefficient (Wildman–Crippen LogP) is 1.10. The van der Waals surface area contributed by atoms with E-state index in [9.17, 15) is 9.59 Å². The lowest BCUT2D eigenvalue weighted by atomic mass is 10.2. The molecule has 1 saturated heterocycles. The van der Waals surface area contributed by atoms with Gasteiger partial charge in [0.25, 0.3) is 11.8 Å². The fourth-order valence-corrected chi connectivity index (χ4v) is 3.78. The number of amides is 2. The maximum Gasteiger partial charge on any atom is 0.283 e. The maximum absolute atomic E-state index is 12.5. The first-order chi connectivity index (χ1) is 12.7. The molecule has 2 aromatic rings. The van der Waals surface area contributed by atoms with Crippen molar-refractivity contribution in [3.8, 4) is 11.5 Å². The van der Waals surface area contributed by atoms with Crippen LogP contribution in [0.4, 0.5) is 5.13 Å².